The first kappa shape index (κ1) is 18.1. The Kier molecular flexibility index (Phi) is 5.11. The third-order valence-corrected chi connectivity index (χ3v) is 4.16. The average molecular weight is 420 g/mol. The highest BCUT2D eigenvalue weighted by Crippen LogP contribution is 2.28. The van der Waals surface area contributed by atoms with E-state index in [0.29, 0.717) is 27.8 Å². The maximum Gasteiger partial charge on any atom is 0.336 e. The van der Waals surface area contributed by atoms with Gasteiger partial charge in [-0.2, -0.15) is 15.6 Å². The molecular weight excluding hydrogens is 410 g/mol. The minimum Gasteiger partial charge on any atom is -0.478 e. The molecule has 0 aliphatic carbocycles. The molecule has 3 rings (SSSR count). The van der Waals surface area contributed by atoms with Crippen molar-refractivity contribution in [3.05, 3.63) is 58.6 Å². The zero-order valence-electron chi connectivity index (χ0n) is 13.6. The summed E-state index contributed by atoms with van der Waals surface area (Å²) in [6, 6.07) is 17.0. The number of pyridine rings is 1. The summed E-state index contributed by atoms with van der Waals surface area (Å²) in [7, 11) is 0. The number of carboxylic acid groups (broad SMARTS) is 1. The van der Waals surface area contributed by atoms with Crippen LogP contribution in [-0.4, -0.2) is 21.8 Å². The van der Waals surface area contributed by atoms with Gasteiger partial charge in [0.15, 0.2) is 0 Å². The van der Waals surface area contributed by atoms with Gasteiger partial charge in [0, 0.05) is 15.4 Å². The summed E-state index contributed by atoms with van der Waals surface area (Å²) in [4.78, 5) is 16.2. The molecule has 0 radical (unpaired) electrons. The van der Waals surface area contributed by atoms with Gasteiger partial charge >= 0.3 is 5.97 Å². The number of nitriles is 2. The van der Waals surface area contributed by atoms with Crippen LogP contribution in [0.3, 0.4) is 0 Å². The summed E-state index contributed by atoms with van der Waals surface area (Å²) in [5, 5.41) is 31.2. The van der Waals surface area contributed by atoms with E-state index >= 15 is 0 Å². The van der Waals surface area contributed by atoms with Crippen LogP contribution in [0.5, 0.6) is 0 Å². The Morgan fingerprint density at radius 3 is 2.63 bits per heavy atom. The number of rotatable bonds is 4. The lowest BCUT2D eigenvalue weighted by atomic mass is 10.0. The Labute approximate surface area is 162 Å². The summed E-state index contributed by atoms with van der Waals surface area (Å²) in [5.74, 6) is -1.05. The molecule has 3 aromatic rings. The zero-order valence-corrected chi connectivity index (χ0v) is 15.2. The molecule has 0 spiro atoms. The molecule has 2 N–H and O–H groups in total. The first-order valence-corrected chi connectivity index (χ1v) is 8.39. The number of hydrogen-bond donors (Lipinski definition) is 2. The molecular formula is C19H10BrN5O2. The van der Waals surface area contributed by atoms with E-state index in [9.17, 15) is 9.90 Å². The standard InChI is InChI=1S/C19H10BrN5O2/c20-12-4-5-17-15(7-12)16(19(26)27)8-18(23-17)11-2-1-3-13(6-11)24-25-14(9-21)10-22/h1-8,24H,(H,26,27). The number of carboxylic acids is 1. The molecule has 1 heterocycles. The predicted molar refractivity (Wildman–Crippen MR) is 104 cm³/mol. The zero-order chi connectivity index (χ0) is 19.4. The van der Waals surface area contributed by atoms with E-state index in [4.69, 9.17) is 10.5 Å². The molecule has 0 saturated heterocycles. The second-order valence-electron chi connectivity index (χ2n) is 5.40. The van der Waals surface area contributed by atoms with Gasteiger partial charge in [0.25, 0.3) is 0 Å². The highest BCUT2D eigenvalue weighted by Gasteiger charge is 2.13. The molecule has 0 bridgehead atoms. The van der Waals surface area contributed by atoms with Crippen LogP contribution >= 0.6 is 15.9 Å². The van der Waals surface area contributed by atoms with E-state index in [2.05, 4.69) is 31.4 Å². The SMILES string of the molecule is N#CC(C#N)=NNc1cccc(-c2cc(C(=O)O)c3cc(Br)ccc3n2)c1. The number of anilines is 1. The van der Waals surface area contributed by atoms with Crippen molar-refractivity contribution in [2.75, 3.05) is 5.43 Å². The Bertz CT molecular complexity index is 1160. The van der Waals surface area contributed by atoms with Crippen molar-refractivity contribution in [2.24, 2.45) is 5.10 Å². The number of nitrogens with zero attached hydrogens (tertiary/aromatic N) is 4. The second-order valence-corrected chi connectivity index (χ2v) is 6.31. The maximum atomic E-state index is 11.7. The van der Waals surface area contributed by atoms with Crippen molar-refractivity contribution in [1.82, 2.24) is 4.98 Å². The molecule has 27 heavy (non-hydrogen) atoms. The molecule has 8 heteroatoms. The highest BCUT2D eigenvalue weighted by molar-refractivity contribution is 9.10. The minimum absolute atomic E-state index is 0.143. The number of aromatic nitrogens is 1. The van der Waals surface area contributed by atoms with Crippen molar-refractivity contribution in [2.45, 2.75) is 0 Å². The lowest BCUT2D eigenvalue weighted by molar-refractivity contribution is 0.0699. The predicted octanol–water partition coefficient (Wildman–Crippen LogP) is 4.18. The lowest BCUT2D eigenvalue weighted by Crippen LogP contribution is -2.01. The molecule has 0 amide bonds. The molecule has 1 aromatic heterocycles. The van der Waals surface area contributed by atoms with E-state index in [1.54, 1.807) is 54.6 Å². The third-order valence-electron chi connectivity index (χ3n) is 3.67. The lowest BCUT2D eigenvalue weighted by Gasteiger charge is -2.09. The van der Waals surface area contributed by atoms with Gasteiger partial charge in [-0.15, -0.1) is 0 Å². The van der Waals surface area contributed by atoms with Crippen LogP contribution in [0.4, 0.5) is 5.69 Å². The first-order valence-electron chi connectivity index (χ1n) is 7.60. The molecule has 7 nitrogen and oxygen atoms in total. The number of halogens is 1. The maximum absolute atomic E-state index is 11.7. The average Bonchev–Trinajstić information content (AvgIpc) is 2.68. The smallest absolute Gasteiger partial charge is 0.336 e. The van der Waals surface area contributed by atoms with Crippen molar-refractivity contribution in [3.8, 4) is 23.4 Å². The molecule has 130 valence electrons. The van der Waals surface area contributed by atoms with Crippen molar-refractivity contribution >= 4 is 44.2 Å². The van der Waals surface area contributed by atoms with Crippen molar-refractivity contribution in [3.63, 3.8) is 0 Å². The molecule has 0 atom stereocenters. The van der Waals surface area contributed by atoms with Crippen LogP contribution in [-0.2, 0) is 0 Å². The number of nitrogens with one attached hydrogen (secondary N) is 1. The first-order chi connectivity index (χ1) is 13.0. The summed E-state index contributed by atoms with van der Waals surface area (Å²) < 4.78 is 0.766. The Balaban J connectivity index is 2.08. The van der Waals surface area contributed by atoms with Crippen molar-refractivity contribution < 1.29 is 9.90 Å². The van der Waals surface area contributed by atoms with Crippen LogP contribution in [0, 0.1) is 22.7 Å². The largest absolute Gasteiger partial charge is 0.478 e. The van der Waals surface area contributed by atoms with Gasteiger partial charge in [0.1, 0.15) is 12.1 Å². The van der Waals surface area contributed by atoms with Crippen LogP contribution in [0.15, 0.2) is 58.1 Å². The Morgan fingerprint density at radius 2 is 1.93 bits per heavy atom. The van der Waals surface area contributed by atoms with Gasteiger partial charge in [0.2, 0.25) is 5.71 Å². The molecule has 2 aromatic carbocycles. The number of benzene rings is 2. The highest BCUT2D eigenvalue weighted by atomic mass is 79.9. The van der Waals surface area contributed by atoms with E-state index in [1.165, 1.54) is 6.07 Å². The van der Waals surface area contributed by atoms with E-state index in [1.807, 2.05) is 0 Å². The van der Waals surface area contributed by atoms with Crippen LogP contribution in [0.25, 0.3) is 22.2 Å². The number of aromatic carboxylic acids is 1. The summed E-state index contributed by atoms with van der Waals surface area (Å²) in [6.45, 7) is 0. The topological polar surface area (TPSA) is 122 Å². The summed E-state index contributed by atoms with van der Waals surface area (Å²) in [5.41, 5.74) is 4.71. The number of carbonyl (C=O) groups is 1. The Hall–Kier alpha value is -3.75. The van der Waals surface area contributed by atoms with Gasteiger partial charge in [-0.3, -0.25) is 5.43 Å². The van der Waals surface area contributed by atoms with Gasteiger partial charge in [-0.05, 0) is 36.4 Å². The minimum atomic E-state index is -1.05. The van der Waals surface area contributed by atoms with Gasteiger partial charge in [-0.25, -0.2) is 9.78 Å². The molecule has 0 aliphatic heterocycles. The monoisotopic (exact) mass is 419 g/mol. The normalized spacial score (nSPS) is 9.89. The van der Waals surface area contributed by atoms with Crippen LogP contribution in [0.2, 0.25) is 0 Å². The van der Waals surface area contributed by atoms with Gasteiger partial charge in [0.05, 0.1) is 22.5 Å². The van der Waals surface area contributed by atoms with E-state index < -0.39 is 5.97 Å². The van der Waals surface area contributed by atoms with E-state index in [0.717, 1.165) is 4.47 Å². The quantitative estimate of drug-likeness (QED) is 0.482. The van der Waals surface area contributed by atoms with Crippen molar-refractivity contribution in [1.29, 1.82) is 10.5 Å². The van der Waals surface area contributed by atoms with Gasteiger partial charge in [-0.1, -0.05) is 28.1 Å². The molecule has 0 saturated carbocycles. The molecule has 0 aliphatic rings. The third kappa shape index (κ3) is 3.92. The van der Waals surface area contributed by atoms with E-state index in [-0.39, 0.29) is 11.3 Å². The molecule has 0 unspecified atom stereocenters. The second kappa shape index (κ2) is 7.65. The van der Waals surface area contributed by atoms with Crippen LogP contribution in [0.1, 0.15) is 10.4 Å². The fourth-order valence-electron chi connectivity index (χ4n) is 2.47. The number of fused-ring (bicyclic) bond motifs is 1. The number of hydrazone groups is 1. The fraction of sp³-hybridized carbons (Fsp3) is 0. The fourth-order valence-corrected chi connectivity index (χ4v) is 2.83. The number of hydrogen-bond acceptors (Lipinski definition) is 6. The van der Waals surface area contributed by atoms with Crippen LogP contribution < -0.4 is 5.43 Å². The molecule has 0 fully saturated rings. The van der Waals surface area contributed by atoms with Gasteiger partial charge < -0.3 is 5.11 Å². The summed E-state index contributed by atoms with van der Waals surface area (Å²) in [6.07, 6.45) is 0. The Morgan fingerprint density at radius 1 is 1.15 bits per heavy atom. The summed E-state index contributed by atoms with van der Waals surface area (Å²) >= 11 is 3.34.